The summed E-state index contributed by atoms with van der Waals surface area (Å²) in [6, 6.07) is 0. The van der Waals surface area contributed by atoms with E-state index in [4.69, 9.17) is 0 Å². The van der Waals surface area contributed by atoms with Crippen LogP contribution in [0.25, 0.3) is 0 Å². The van der Waals surface area contributed by atoms with E-state index in [0.717, 1.165) is 18.2 Å². The summed E-state index contributed by atoms with van der Waals surface area (Å²) in [5, 5.41) is 0. The zero-order valence-corrected chi connectivity index (χ0v) is 13.0. The highest BCUT2D eigenvalue weighted by Gasteiger charge is 2.26. The van der Waals surface area contributed by atoms with Crippen molar-refractivity contribution in [1.29, 1.82) is 0 Å². The molecule has 0 unspecified atom stereocenters. The molecule has 1 aromatic heterocycles. The van der Waals surface area contributed by atoms with Crippen LogP contribution in [0.1, 0.15) is 52.1 Å². The molecular weight excluding hydrogens is 234 g/mol. The summed E-state index contributed by atoms with van der Waals surface area (Å²) >= 11 is 0. The van der Waals surface area contributed by atoms with Crippen molar-refractivity contribution >= 4 is 0 Å². The Morgan fingerprint density at radius 1 is 1.26 bits per heavy atom. The molecule has 0 saturated carbocycles. The third-order valence-electron chi connectivity index (χ3n) is 4.35. The van der Waals surface area contributed by atoms with Crippen molar-refractivity contribution < 1.29 is 0 Å². The van der Waals surface area contributed by atoms with Crippen molar-refractivity contribution in [2.75, 3.05) is 13.1 Å². The van der Waals surface area contributed by atoms with Crippen molar-refractivity contribution in [2.45, 2.75) is 65.5 Å². The Morgan fingerprint density at radius 2 is 1.95 bits per heavy atom. The first kappa shape index (κ1) is 14.6. The van der Waals surface area contributed by atoms with Gasteiger partial charge in [-0.1, -0.05) is 0 Å². The molecule has 3 heteroatoms. The number of nitrogens with zero attached hydrogens (tertiary/aromatic N) is 3. The third-order valence-corrected chi connectivity index (χ3v) is 4.35. The second kappa shape index (κ2) is 6.08. The zero-order chi connectivity index (χ0) is 13.9. The fourth-order valence-corrected chi connectivity index (χ4v) is 3.05. The third kappa shape index (κ3) is 4.34. The number of aryl methyl sites for hydroxylation is 2. The van der Waals surface area contributed by atoms with Gasteiger partial charge < -0.3 is 4.57 Å². The highest BCUT2D eigenvalue weighted by Crippen LogP contribution is 2.26. The largest absolute Gasteiger partial charge is 0.337 e. The van der Waals surface area contributed by atoms with E-state index in [1.807, 2.05) is 6.33 Å². The summed E-state index contributed by atoms with van der Waals surface area (Å²) < 4.78 is 2.22. The van der Waals surface area contributed by atoms with Crippen LogP contribution in [0.4, 0.5) is 0 Å². The Kier molecular flexibility index (Phi) is 4.67. The molecule has 1 aliphatic rings. The van der Waals surface area contributed by atoms with Crippen molar-refractivity contribution in [1.82, 2.24) is 14.5 Å². The van der Waals surface area contributed by atoms with Crippen LogP contribution in [-0.4, -0.2) is 33.1 Å². The molecule has 108 valence electrons. The Balaban J connectivity index is 1.66. The lowest BCUT2D eigenvalue weighted by atomic mass is 9.90. The van der Waals surface area contributed by atoms with Gasteiger partial charge in [-0.05, 0) is 72.4 Å². The molecule has 1 aliphatic heterocycles. The van der Waals surface area contributed by atoms with Gasteiger partial charge in [-0.25, -0.2) is 4.98 Å². The minimum atomic E-state index is 0.347. The number of piperidine rings is 1. The maximum Gasteiger partial charge on any atom is 0.0949 e. The van der Waals surface area contributed by atoms with Gasteiger partial charge in [0.15, 0.2) is 0 Å². The van der Waals surface area contributed by atoms with E-state index >= 15 is 0 Å². The molecule has 1 aromatic rings. The molecule has 0 aromatic carbocycles. The van der Waals surface area contributed by atoms with Crippen molar-refractivity contribution in [3.63, 3.8) is 0 Å². The Labute approximate surface area is 118 Å². The Morgan fingerprint density at radius 3 is 2.47 bits per heavy atom. The van der Waals surface area contributed by atoms with E-state index in [2.05, 4.69) is 48.3 Å². The number of rotatable bonds is 4. The molecule has 3 nitrogen and oxygen atoms in total. The molecule has 19 heavy (non-hydrogen) atoms. The molecule has 0 aliphatic carbocycles. The van der Waals surface area contributed by atoms with E-state index in [1.165, 1.54) is 38.8 Å². The summed E-state index contributed by atoms with van der Waals surface area (Å²) in [6.45, 7) is 12.7. The number of hydrogen-bond acceptors (Lipinski definition) is 2. The molecule has 1 fully saturated rings. The summed E-state index contributed by atoms with van der Waals surface area (Å²) in [7, 11) is 0. The van der Waals surface area contributed by atoms with Gasteiger partial charge in [-0.15, -0.1) is 0 Å². The molecule has 2 rings (SSSR count). The number of imidazole rings is 1. The SMILES string of the molecule is Cc1cn(CCCC2CCN(C(C)(C)C)CC2)cn1. The van der Waals surface area contributed by atoms with E-state index < -0.39 is 0 Å². The average Bonchev–Trinajstić information content (AvgIpc) is 2.75. The van der Waals surface area contributed by atoms with Gasteiger partial charge in [0.25, 0.3) is 0 Å². The second-order valence-corrected chi connectivity index (χ2v) is 7.00. The first-order chi connectivity index (χ1) is 8.95. The van der Waals surface area contributed by atoms with Crippen LogP contribution < -0.4 is 0 Å². The molecule has 0 N–H and O–H groups in total. The van der Waals surface area contributed by atoms with Crippen molar-refractivity contribution in [3.8, 4) is 0 Å². The summed E-state index contributed by atoms with van der Waals surface area (Å²) in [5.74, 6) is 0.934. The molecule has 0 radical (unpaired) electrons. The predicted octanol–water partition coefficient (Wildman–Crippen LogP) is 3.48. The van der Waals surface area contributed by atoms with Gasteiger partial charge >= 0.3 is 0 Å². The van der Waals surface area contributed by atoms with Gasteiger partial charge in [-0.2, -0.15) is 0 Å². The summed E-state index contributed by atoms with van der Waals surface area (Å²) in [6.07, 6.45) is 9.51. The smallest absolute Gasteiger partial charge is 0.0949 e. The van der Waals surface area contributed by atoms with Gasteiger partial charge in [0.2, 0.25) is 0 Å². The van der Waals surface area contributed by atoms with Gasteiger partial charge in [0.05, 0.1) is 12.0 Å². The van der Waals surface area contributed by atoms with Gasteiger partial charge in [0, 0.05) is 18.3 Å². The Hall–Kier alpha value is -0.830. The first-order valence-corrected chi connectivity index (χ1v) is 7.68. The molecular formula is C16H29N3. The molecule has 0 bridgehead atoms. The van der Waals surface area contributed by atoms with Crippen LogP contribution in [-0.2, 0) is 6.54 Å². The first-order valence-electron chi connectivity index (χ1n) is 7.68. The van der Waals surface area contributed by atoms with E-state index in [-0.39, 0.29) is 0 Å². The summed E-state index contributed by atoms with van der Waals surface area (Å²) in [4.78, 5) is 6.90. The molecule has 0 spiro atoms. The van der Waals surface area contributed by atoms with Crippen molar-refractivity contribution in [2.24, 2.45) is 5.92 Å². The molecule has 1 saturated heterocycles. The minimum Gasteiger partial charge on any atom is -0.337 e. The lowest BCUT2D eigenvalue weighted by Crippen LogP contribution is -2.46. The van der Waals surface area contributed by atoms with E-state index in [0.29, 0.717) is 5.54 Å². The van der Waals surface area contributed by atoms with Crippen LogP contribution in [0.5, 0.6) is 0 Å². The van der Waals surface area contributed by atoms with E-state index in [1.54, 1.807) is 0 Å². The maximum atomic E-state index is 4.28. The van der Waals surface area contributed by atoms with Crippen LogP contribution >= 0.6 is 0 Å². The topological polar surface area (TPSA) is 21.1 Å². The zero-order valence-electron chi connectivity index (χ0n) is 13.0. The van der Waals surface area contributed by atoms with Crippen molar-refractivity contribution in [3.05, 3.63) is 18.2 Å². The fraction of sp³-hybridized carbons (Fsp3) is 0.812. The minimum absolute atomic E-state index is 0.347. The highest BCUT2D eigenvalue weighted by atomic mass is 15.2. The van der Waals surface area contributed by atoms with Crippen LogP contribution in [0.15, 0.2) is 12.5 Å². The quantitative estimate of drug-likeness (QED) is 0.829. The number of aromatic nitrogens is 2. The monoisotopic (exact) mass is 263 g/mol. The fourth-order valence-electron chi connectivity index (χ4n) is 3.05. The predicted molar refractivity (Wildman–Crippen MR) is 80.2 cm³/mol. The van der Waals surface area contributed by atoms with Gasteiger partial charge in [0.1, 0.15) is 0 Å². The van der Waals surface area contributed by atoms with Gasteiger partial charge in [-0.3, -0.25) is 4.90 Å². The number of hydrogen-bond donors (Lipinski definition) is 0. The Bertz CT molecular complexity index is 381. The lowest BCUT2D eigenvalue weighted by Gasteiger charge is -2.41. The average molecular weight is 263 g/mol. The van der Waals surface area contributed by atoms with Crippen LogP contribution in [0.3, 0.4) is 0 Å². The standard InChI is InChI=1S/C16H29N3/c1-14-12-18(13-17-14)9-5-6-15-7-10-19(11-8-15)16(2,3)4/h12-13,15H,5-11H2,1-4H3. The second-order valence-electron chi connectivity index (χ2n) is 7.00. The lowest BCUT2D eigenvalue weighted by molar-refractivity contribution is 0.0845. The van der Waals surface area contributed by atoms with E-state index in [9.17, 15) is 0 Å². The molecule has 2 heterocycles. The molecule has 0 amide bonds. The normalized spacial score (nSPS) is 18.9. The van der Waals surface area contributed by atoms with Crippen LogP contribution in [0, 0.1) is 12.8 Å². The maximum absolute atomic E-state index is 4.28. The highest BCUT2D eigenvalue weighted by molar-refractivity contribution is 4.92. The van der Waals surface area contributed by atoms with Crippen LogP contribution in [0.2, 0.25) is 0 Å². The molecule has 0 atom stereocenters. The summed E-state index contributed by atoms with van der Waals surface area (Å²) in [5.41, 5.74) is 1.47. The number of likely N-dealkylation sites (tertiary alicyclic amines) is 1.